The first kappa shape index (κ1) is 20.8. The number of hydrogen-bond donors (Lipinski definition) is 1. The fraction of sp³-hybridized carbons (Fsp3) is 0.138. The van der Waals surface area contributed by atoms with Crippen LogP contribution < -0.4 is 10.2 Å². The zero-order valence-electron chi connectivity index (χ0n) is 18.7. The van der Waals surface area contributed by atoms with E-state index in [2.05, 4.69) is 59.3 Å². The number of aryl methyl sites for hydroxylation is 1. The van der Waals surface area contributed by atoms with Gasteiger partial charge in [0.25, 0.3) is 0 Å². The molecule has 1 aromatic heterocycles. The number of anilines is 1. The molecule has 0 saturated carbocycles. The number of para-hydroxylation sites is 2. The van der Waals surface area contributed by atoms with Crippen LogP contribution in [0.5, 0.6) is 0 Å². The highest BCUT2D eigenvalue weighted by Crippen LogP contribution is 2.30. The number of nitrogens with zero attached hydrogens (tertiary/aromatic N) is 2. The second-order valence-corrected chi connectivity index (χ2v) is 8.18. The van der Waals surface area contributed by atoms with Crippen LogP contribution in [0.2, 0.25) is 0 Å². The highest BCUT2D eigenvalue weighted by molar-refractivity contribution is 6.08. The van der Waals surface area contributed by atoms with Crippen molar-refractivity contribution in [2.75, 3.05) is 4.90 Å². The van der Waals surface area contributed by atoms with Crippen LogP contribution in [0.15, 0.2) is 103 Å². The van der Waals surface area contributed by atoms with Gasteiger partial charge in [-0.2, -0.15) is 0 Å². The number of fused-ring (bicyclic) bond motifs is 3. The number of aromatic nitrogens is 1. The SMILES string of the molecule is CCn1c2ccccc2c2cc(CN(C(=O)NCc3ccccc3)c3ccccc3)ccc21. The lowest BCUT2D eigenvalue weighted by molar-refractivity contribution is 0.245. The number of carbonyl (C=O) groups excluding carboxylic acids is 1. The molecule has 4 nitrogen and oxygen atoms in total. The molecule has 0 saturated heterocycles. The van der Waals surface area contributed by atoms with Crippen molar-refractivity contribution < 1.29 is 4.79 Å². The molecule has 0 aliphatic heterocycles. The Bertz CT molecular complexity index is 1390. The van der Waals surface area contributed by atoms with E-state index in [1.54, 1.807) is 0 Å². The van der Waals surface area contributed by atoms with Crippen LogP contribution in [0.4, 0.5) is 10.5 Å². The maximum atomic E-state index is 13.3. The van der Waals surface area contributed by atoms with Crippen molar-refractivity contribution >= 4 is 33.5 Å². The molecule has 4 heteroatoms. The Morgan fingerprint density at radius 3 is 2.18 bits per heavy atom. The summed E-state index contributed by atoms with van der Waals surface area (Å²) in [6.07, 6.45) is 0. The van der Waals surface area contributed by atoms with Crippen molar-refractivity contribution in [2.45, 2.75) is 26.6 Å². The van der Waals surface area contributed by atoms with E-state index in [0.717, 1.165) is 23.4 Å². The lowest BCUT2D eigenvalue weighted by Crippen LogP contribution is -2.39. The van der Waals surface area contributed by atoms with Crippen LogP contribution in [0.1, 0.15) is 18.1 Å². The molecule has 1 N–H and O–H groups in total. The van der Waals surface area contributed by atoms with Gasteiger partial charge in [-0.1, -0.05) is 72.8 Å². The summed E-state index contributed by atoms with van der Waals surface area (Å²) in [5.41, 5.74) is 5.52. The van der Waals surface area contributed by atoms with Crippen molar-refractivity contribution in [2.24, 2.45) is 0 Å². The van der Waals surface area contributed by atoms with Crippen LogP contribution in [-0.2, 0) is 19.6 Å². The second-order valence-electron chi connectivity index (χ2n) is 8.18. The van der Waals surface area contributed by atoms with Crippen molar-refractivity contribution in [1.82, 2.24) is 9.88 Å². The third-order valence-electron chi connectivity index (χ3n) is 6.09. The molecule has 0 bridgehead atoms. The van der Waals surface area contributed by atoms with Crippen molar-refractivity contribution in [3.63, 3.8) is 0 Å². The number of rotatable bonds is 6. The number of urea groups is 1. The van der Waals surface area contributed by atoms with E-state index in [1.807, 2.05) is 65.6 Å². The summed E-state index contributed by atoms with van der Waals surface area (Å²) >= 11 is 0. The number of benzene rings is 4. The zero-order valence-corrected chi connectivity index (χ0v) is 18.7. The molecule has 0 aliphatic rings. The van der Waals surface area contributed by atoms with Crippen LogP contribution in [0, 0.1) is 0 Å². The molecule has 164 valence electrons. The third kappa shape index (κ3) is 4.20. The Kier molecular flexibility index (Phi) is 5.81. The van der Waals surface area contributed by atoms with Crippen LogP contribution in [0.3, 0.4) is 0 Å². The average molecular weight is 434 g/mol. The van der Waals surface area contributed by atoms with Crippen LogP contribution in [-0.4, -0.2) is 10.6 Å². The second kappa shape index (κ2) is 9.21. The molecule has 5 aromatic rings. The molecule has 2 amide bonds. The van der Waals surface area contributed by atoms with Gasteiger partial charge in [-0.15, -0.1) is 0 Å². The van der Waals surface area contributed by atoms with E-state index in [-0.39, 0.29) is 6.03 Å². The van der Waals surface area contributed by atoms with Crippen molar-refractivity contribution in [3.8, 4) is 0 Å². The Morgan fingerprint density at radius 2 is 1.42 bits per heavy atom. The van der Waals surface area contributed by atoms with Gasteiger partial charge in [-0.05, 0) is 48.4 Å². The maximum Gasteiger partial charge on any atom is 0.322 e. The van der Waals surface area contributed by atoms with Crippen LogP contribution >= 0.6 is 0 Å². The third-order valence-corrected chi connectivity index (χ3v) is 6.09. The summed E-state index contributed by atoms with van der Waals surface area (Å²) in [4.78, 5) is 15.1. The minimum Gasteiger partial charge on any atom is -0.341 e. The lowest BCUT2D eigenvalue weighted by atomic mass is 10.1. The monoisotopic (exact) mass is 433 g/mol. The van der Waals surface area contributed by atoms with Crippen LogP contribution in [0.25, 0.3) is 21.8 Å². The lowest BCUT2D eigenvalue weighted by Gasteiger charge is -2.23. The Morgan fingerprint density at radius 1 is 0.758 bits per heavy atom. The first-order chi connectivity index (χ1) is 16.2. The van der Waals surface area contributed by atoms with Gasteiger partial charge in [0.2, 0.25) is 0 Å². The highest BCUT2D eigenvalue weighted by Gasteiger charge is 2.17. The Hall–Kier alpha value is -4.05. The molecule has 5 rings (SSSR count). The minimum absolute atomic E-state index is 0.110. The molecular formula is C29H27N3O. The predicted molar refractivity (Wildman–Crippen MR) is 136 cm³/mol. The number of amides is 2. The van der Waals surface area contributed by atoms with Gasteiger partial charge in [-0.3, -0.25) is 4.90 Å². The molecule has 4 aromatic carbocycles. The summed E-state index contributed by atoms with van der Waals surface area (Å²) in [6, 6.07) is 34.8. The Balaban J connectivity index is 1.47. The van der Waals surface area contributed by atoms with Gasteiger partial charge < -0.3 is 9.88 Å². The maximum absolute atomic E-state index is 13.3. The molecule has 1 heterocycles. The van der Waals surface area contributed by atoms with Gasteiger partial charge in [0.1, 0.15) is 0 Å². The minimum atomic E-state index is -0.110. The molecule has 0 aliphatic carbocycles. The van der Waals surface area contributed by atoms with E-state index in [9.17, 15) is 4.79 Å². The van der Waals surface area contributed by atoms with E-state index >= 15 is 0 Å². The summed E-state index contributed by atoms with van der Waals surface area (Å²) in [7, 11) is 0. The molecule has 0 unspecified atom stereocenters. The molecule has 0 spiro atoms. The Labute approximate surface area is 194 Å². The summed E-state index contributed by atoms with van der Waals surface area (Å²) in [5.74, 6) is 0. The van der Waals surface area contributed by atoms with Gasteiger partial charge in [-0.25, -0.2) is 4.79 Å². The zero-order chi connectivity index (χ0) is 22.6. The van der Waals surface area contributed by atoms with E-state index in [4.69, 9.17) is 0 Å². The van der Waals surface area contributed by atoms with Crippen molar-refractivity contribution in [1.29, 1.82) is 0 Å². The van der Waals surface area contributed by atoms with Gasteiger partial charge in [0.05, 0.1) is 6.54 Å². The van der Waals surface area contributed by atoms with E-state index < -0.39 is 0 Å². The number of hydrogen-bond acceptors (Lipinski definition) is 1. The first-order valence-electron chi connectivity index (χ1n) is 11.4. The number of nitrogens with one attached hydrogen (secondary N) is 1. The fourth-order valence-corrected chi connectivity index (χ4v) is 4.48. The largest absolute Gasteiger partial charge is 0.341 e. The molecule has 0 fully saturated rings. The smallest absolute Gasteiger partial charge is 0.322 e. The van der Waals surface area contributed by atoms with E-state index in [1.165, 1.54) is 21.8 Å². The summed E-state index contributed by atoms with van der Waals surface area (Å²) in [5, 5.41) is 5.55. The first-order valence-corrected chi connectivity index (χ1v) is 11.4. The quantitative estimate of drug-likeness (QED) is 0.317. The highest BCUT2D eigenvalue weighted by atomic mass is 16.2. The topological polar surface area (TPSA) is 37.3 Å². The molecule has 33 heavy (non-hydrogen) atoms. The summed E-state index contributed by atoms with van der Waals surface area (Å²) < 4.78 is 2.34. The normalized spacial score (nSPS) is 11.1. The van der Waals surface area contributed by atoms with E-state index in [0.29, 0.717) is 13.1 Å². The van der Waals surface area contributed by atoms with Gasteiger partial charge >= 0.3 is 6.03 Å². The fourth-order valence-electron chi connectivity index (χ4n) is 4.48. The van der Waals surface area contributed by atoms with Gasteiger partial charge in [0.15, 0.2) is 0 Å². The summed E-state index contributed by atoms with van der Waals surface area (Å²) in [6.45, 7) is 4.08. The number of carbonyl (C=O) groups is 1. The average Bonchev–Trinajstić information content (AvgIpc) is 3.20. The predicted octanol–water partition coefficient (Wildman–Crippen LogP) is 6.73. The molecular weight excluding hydrogens is 406 g/mol. The molecule has 0 atom stereocenters. The van der Waals surface area contributed by atoms with Gasteiger partial charge in [0, 0.05) is 40.6 Å². The standard InChI is InChI=1S/C29H27N3O/c1-2-31-27-16-10-9-15-25(27)26-19-23(17-18-28(26)31)21-32(24-13-7-4-8-14-24)29(33)30-20-22-11-5-3-6-12-22/h3-19H,2,20-21H2,1H3,(H,30,33). The van der Waals surface area contributed by atoms with Crippen molar-refractivity contribution in [3.05, 3.63) is 114 Å². The molecule has 0 radical (unpaired) electrons.